The number of rotatable bonds is 6. The molecule has 1 amide bonds. The summed E-state index contributed by atoms with van der Waals surface area (Å²) in [5.74, 6) is -0.186. The van der Waals surface area contributed by atoms with Crippen LogP contribution < -0.4 is 0 Å². The number of carbonyl (C=O) groups is 1. The predicted molar refractivity (Wildman–Crippen MR) is 93.2 cm³/mol. The van der Waals surface area contributed by atoms with Gasteiger partial charge in [0, 0.05) is 32.7 Å². The third-order valence-corrected chi connectivity index (χ3v) is 5.70. The Morgan fingerprint density at radius 3 is 2.22 bits per heavy atom. The van der Waals surface area contributed by atoms with Crippen LogP contribution in [0.2, 0.25) is 0 Å². The highest BCUT2D eigenvalue weighted by atomic mass is 32.2. The summed E-state index contributed by atoms with van der Waals surface area (Å²) in [7, 11) is -0.628. The Balaban J connectivity index is 3.43. The Morgan fingerprint density at radius 1 is 1.22 bits per heavy atom. The minimum Gasteiger partial charge on any atom is -0.335 e. The Bertz CT molecular complexity index is 722. The van der Waals surface area contributed by atoms with E-state index in [1.807, 2.05) is 20.8 Å². The Morgan fingerprint density at radius 2 is 1.78 bits per heavy atom. The lowest BCUT2D eigenvalue weighted by molar-refractivity contribution is 0.0778. The van der Waals surface area contributed by atoms with Crippen molar-refractivity contribution in [3.8, 4) is 0 Å². The molecule has 1 rings (SSSR count). The van der Waals surface area contributed by atoms with Crippen molar-refractivity contribution in [3.05, 3.63) is 41.0 Å². The van der Waals surface area contributed by atoms with E-state index in [2.05, 4.69) is 6.58 Å². The first-order valence-corrected chi connectivity index (χ1v) is 8.93. The zero-order valence-corrected chi connectivity index (χ0v) is 15.6. The molecule has 0 fully saturated rings. The van der Waals surface area contributed by atoms with Gasteiger partial charge in [0.2, 0.25) is 10.0 Å². The van der Waals surface area contributed by atoms with Crippen molar-refractivity contribution in [1.82, 2.24) is 9.21 Å². The van der Waals surface area contributed by atoms with Gasteiger partial charge in [0.05, 0.1) is 4.90 Å². The molecule has 5 nitrogen and oxygen atoms in total. The fourth-order valence-electron chi connectivity index (χ4n) is 2.25. The topological polar surface area (TPSA) is 57.7 Å². The highest BCUT2D eigenvalue weighted by Crippen LogP contribution is 2.24. The predicted octanol–water partition coefficient (Wildman–Crippen LogP) is 2.59. The van der Waals surface area contributed by atoms with Crippen LogP contribution in [0.5, 0.6) is 0 Å². The maximum Gasteiger partial charge on any atom is 0.254 e. The van der Waals surface area contributed by atoms with Gasteiger partial charge in [0.1, 0.15) is 0 Å². The second-order valence-corrected chi connectivity index (χ2v) is 8.10. The molecular weight excluding hydrogens is 312 g/mol. The summed E-state index contributed by atoms with van der Waals surface area (Å²) < 4.78 is 26.1. The number of sulfonamides is 1. The van der Waals surface area contributed by atoms with Gasteiger partial charge in [-0.3, -0.25) is 4.79 Å². The second kappa shape index (κ2) is 7.27. The van der Waals surface area contributed by atoms with Gasteiger partial charge in [-0.05, 0) is 51.0 Å². The van der Waals surface area contributed by atoms with Gasteiger partial charge in [-0.1, -0.05) is 12.2 Å². The molecule has 0 atom stereocenters. The molecule has 0 N–H and O–H groups in total. The maximum atomic E-state index is 12.7. The molecule has 0 saturated carbocycles. The fraction of sp³-hybridized carbons (Fsp3) is 0.471. The largest absolute Gasteiger partial charge is 0.335 e. The van der Waals surface area contributed by atoms with Crippen LogP contribution in [-0.4, -0.2) is 50.7 Å². The first-order valence-electron chi connectivity index (χ1n) is 7.49. The van der Waals surface area contributed by atoms with Crippen molar-refractivity contribution in [2.24, 2.45) is 0 Å². The summed E-state index contributed by atoms with van der Waals surface area (Å²) in [5, 5.41) is 0. The van der Waals surface area contributed by atoms with E-state index in [1.54, 1.807) is 17.9 Å². The van der Waals surface area contributed by atoms with Crippen LogP contribution in [0.15, 0.2) is 29.2 Å². The Labute approximate surface area is 139 Å². The molecule has 0 saturated heterocycles. The number of likely N-dealkylation sites (N-methyl/N-ethyl adjacent to an activating group) is 1. The average molecular weight is 338 g/mol. The van der Waals surface area contributed by atoms with E-state index in [1.165, 1.54) is 20.2 Å². The van der Waals surface area contributed by atoms with E-state index in [0.29, 0.717) is 24.2 Å². The maximum absolute atomic E-state index is 12.7. The molecule has 0 unspecified atom stereocenters. The molecule has 23 heavy (non-hydrogen) atoms. The highest BCUT2D eigenvalue weighted by Gasteiger charge is 2.24. The van der Waals surface area contributed by atoms with Gasteiger partial charge in [-0.15, -0.1) is 0 Å². The number of hydrogen-bond acceptors (Lipinski definition) is 3. The third-order valence-electron chi connectivity index (χ3n) is 3.75. The lowest BCUT2D eigenvalue weighted by Gasteiger charge is -2.22. The summed E-state index contributed by atoms with van der Waals surface area (Å²) >= 11 is 0. The number of amides is 1. The van der Waals surface area contributed by atoms with E-state index in [0.717, 1.165) is 15.4 Å². The molecule has 6 heteroatoms. The molecule has 0 aliphatic carbocycles. The van der Waals surface area contributed by atoms with Crippen molar-refractivity contribution >= 4 is 15.9 Å². The molecule has 1 aromatic carbocycles. The van der Waals surface area contributed by atoms with E-state index in [-0.39, 0.29) is 10.8 Å². The molecule has 0 aliphatic rings. The van der Waals surface area contributed by atoms with Crippen LogP contribution in [0, 0.1) is 13.8 Å². The van der Waals surface area contributed by atoms with Gasteiger partial charge in [0.15, 0.2) is 0 Å². The van der Waals surface area contributed by atoms with Crippen LogP contribution in [-0.2, 0) is 10.0 Å². The van der Waals surface area contributed by atoms with Crippen LogP contribution in [0.25, 0.3) is 0 Å². The summed E-state index contributed by atoms with van der Waals surface area (Å²) in [6.07, 6.45) is 0. The summed E-state index contributed by atoms with van der Waals surface area (Å²) in [4.78, 5) is 14.5. The molecule has 0 spiro atoms. The first kappa shape index (κ1) is 19.4. The molecule has 1 aromatic rings. The number of benzene rings is 1. The zero-order chi connectivity index (χ0) is 17.9. The van der Waals surface area contributed by atoms with Crippen LogP contribution in [0.3, 0.4) is 0 Å². The molecule has 0 aromatic heterocycles. The number of carbonyl (C=O) groups excluding carboxylic acids is 1. The van der Waals surface area contributed by atoms with E-state index >= 15 is 0 Å². The highest BCUT2D eigenvalue weighted by molar-refractivity contribution is 7.89. The van der Waals surface area contributed by atoms with Crippen molar-refractivity contribution in [1.29, 1.82) is 0 Å². The minimum absolute atomic E-state index is 0.178. The zero-order valence-electron chi connectivity index (χ0n) is 14.8. The number of hydrogen-bond donors (Lipinski definition) is 0. The van der Waals surface area contributed by atoms with Crippen molar-refractivity contribution < 1.29 is 13.2 Å². The number of nitrogens with zero attached hydrogens (tertiary/aromatic N) is 2. The van der Waals surface area contributed by atoms with E-state index in [4.69, 9.17) is 0 Å². The first-order chi connectivity index (χ1) is 10.5. The Kier molecular flexibility index (Phi) is 6.13. The lowest BCUT2D eigenvalue weighted by Crippen LogP contribution is -2.32. The molecule has 128 valence electrons. The van der Waals surface area contributed by atoms with E-state index in [9.17, 15) is 13.2 Å². The SMILES string of the molecule is C=C(C)CN(CC)C(=O)c1cc(C)c(C)c(S(=O)(=O)N(C)C)c1. The van der Waals surface area contributed by atoms with E-state index < -0.39 is 10.0 Å². The number of aryl methyl sites for hydroxylation is 1. The normalized spacial score (nSPS) is 11.6. The smallest absolute Gasteiger partial charge is 0.254 e. The summed E-state index contributed by atoms with van der Waals surface area (Å²) in [6, 6.07) is 3.22. The van der Waals surface area contributed by atoms with Gasteiger partial charge in [-0.2, -0.15) is 0 Å². The van der Waals surface area contributed by atoms with Crippen LogP contribution >= 0.6 is 0 Å². The molecule has 0 aliphatic heterocycles. The van der Waals surface area contributed by atoms with Gasteiger partial charge >= 0.3 is 0 Å². The van der Waals surface area contributed by atoms with Crippen LogP contribution in [0.1, 0.15) is 35.3 Å². The molecule has 0 radical (unpaired) electrons. The average Bonchev–Trinajstić information content (AvgIpc) is 2.46. The summed E-state index contributed by atoms with van der Waals surface area (Å²) in [6.45, 7) is 12.1. The summed E-state index contributed by atoms with van der Waals surface area (Å²) in [5.41, 5.74) is 2.71. The molecule has 0 bridgehead atoms. The van der Waals surface area contributed by atoms with Crippen molar-refractivity contribution in [3.63, 3.8) is 0 Å². The molecular formula is C17H26N2O3S. The van der Waals surface area contributed by atoms with Crippen molar-refractivity contribution in [2.75, 3.05) is 27.2 Å². The third kappa shape index (κ3) is 4.20. The quantitative estimate of drug-likeness (QED) is 0.749. The Hall–Kier alpha value is -1.66. The van der Waals surface area contributed by atoms with Gasteiger partial charge < -0.3 is 4.90 Å². The molecule has 0 heterocycles. The monoisotopic (exact) mass is 338 g/mol. The minimum atomic E-state index is -3.60. The fourth-order valence-corrected chi connectivity index (χ4v) is 3.47. The van der Waals surface area contributed by atoms with Gasteiger partial charge in [0.25, 0.3) is 5.91 Å². The van der Waals surface area contributed by atoms with Crippen molar-refractivity contribution in [2.45, 2.75) is 32.6 Å². The van der Waals surface area contributed by atoms with Crippen LogP contribution in [0.4, 0.5) is 0 Å². The lowest BCUT2D eigenvalue weighted by atomic mass is 10.1. The van der Waals surface area contributed by atoms with Gasteiger partial charge in [-0.25, -0.2) is 12.7 Å². The second-order valence-electron chi connectivity index (χ2n) is 5.98. The standard InChI is InChI=1S/C17H26N2O3S/c1-8-19(11-12(2)3)17(20)15-9-13(4)14(5)16(10-15)23(21,22)18(6)7/h9-10H,2,8,11H2,1,3-7H3.